The zero-order chi connectivity index (χ0) is 13.5. The quantitative estimate of drug-likeness (QED) is 0.654. The van der Waals surface area contributed by atoms with Crippen LogP contribution in [-0.2, 0) is 12.8 Å². The van der Waals surface area contributed by atoms with Crippen molar-refractivity contribution in [1.29, 1.82) is 0 Å². The van der Waals surface area contributed by atoms with Gasteiger partial charge in [0.25, 0.3) is 0 Å². The van der Waals surface area contributed by atoms with E-state index in [9.17, 15) is 10.2 Å². The van der Waals surface area contributed by atoms with Crippen molar-refractivity contribution < 1.29 is 15.3 Å². The fourth-order valence-corrected chi connectivity index (χ4v) is 2.27. The van der Waals surface area contributed by atoms with Crippen molar-refractivity contribution in [3.8, 4) is 11.5 Å². The number of hydrogen-bond donors (Lipinski definition) is 3. The highest BCUT2D eigenvalue weighted by Crippen LogP contribution is 2.34. The smallest absolute Gasteiger partial charge is 0.126 e. The fraction of sp³-hybridized carbons (Fsp3) is 0.600. The van der Waals surface area contributed by atoms with Gasteiger partial charge in [-0.15, -0.1) is 0 Å². The molecule has 102 valence electrons. The number of aryl methyl sites for hydroxylation is 1. The molecular formula is C15H24O3. The number of aromatic hydroxyl groups is 2. The lowest BCUT2D eigenvalue weighted by Crippen LogP contribution is -1.99. The van der Waals surface area contributed by atoms with Crippen LogP contribution < -0.4 is 0 Å². The molecular weight excluding hydrogens is 228 g/mol. The predicted molar refractivity (Wildman–Crippen MR) is 73.1 cm³/mol. The van der Waals surface area contributed by atoms with Crippen LogP contribution in [0.4, 0.5) is 0 Å². The summed E-state index contributed by atoms with van der Waals surface area (Å²) in [4.78, 5) is 0. The second-order valence-corrected chi connectivity index (χ2v) is 4.80. The van der Waals surface area contributed by atoms with Crippen LogP contribution in [0.2, 0.25) is 0 Å². The summed E-state index contributed by atoms with van der Waals surface area (Å²) in [5, 5.41) is 29.1. The lowest BCUT2D eigenvalue weighted by atomic mass is 9.96. The molecule has 0 aliphatic rings. The van der Waals surface area contributed by atoms with E-state index in [1.807, 2.05) is 6.92 Å². The molecule has 0 saturated carbocycles. The maximum atomic E-state index is 10.2. The number of aliphatic hydroxyl groups excluding tert-OH is 1. The van der Waals surface area contributed by atoms with Gasteiger partial charge in [-0.05, 0) is 43.4 Å². The maximum absolute atomic E-state index is 10.2. The topological polar surface area (TPSA) is 60.7 Å². The average Bonchev–Trinajstić information content (AvgIpc) is 2.33. The summed E-state index contributed by atoms with van der Waals surface area (Å²) in [6.45, 7) is 4.00. The minimum atomic E-state index is 0.00838. The van der Waals surface area contributed by atoms with E-state index in [-0.39, 0.29) is 18.1 Å². The van der Waals surface area contributed by atoms with Crippen LogP contribution in [0.5, 0.6) is 11.5 Å². The molecule has 0 amide bonds. The minimum absolute atomic E-state index is 0.00838. The summed E-state index contributed by atoms with van der Waals surface area (Å²) in [6.07, 6.45) is 5.55. The molecule has 1 aromatic carbocycles. The van der Waals surface area contributed by atoms with Crippen molar-refractivity contribution in [3.05, 3.63) is 22.8 Å². The van der Waals surface area contributed by atoms with Gasteiger partial charge in [-0.25, -0.2) is 0 Å². The van der Waals surface area contributed by atoms with E-state index < -0.39 is 0 Å². The summed E-state index contributed by atoms with van der Waals surface area (Å²) in [5.41, 5.74) is 2.21. The van der Waals surface area contributed by atoms with Crippen LogP contribution in [0.25, 0.3) is 0 Å². The van der Waals surface area contributed by atoms with Crippen LogP contribution in [0.15, 0.2) is 6.07 Å². The lowest BCUT2D eigenvalue weighted by molar-refractivity contribution is 0.296. The first kappa shape index (κ1) is 14.8. The van der Waals surface area contributed by atoms with Crippen molar-refractivity contribution in [3.63, 3.8) is 0 Å². The first-order chi connectivity index (χ1) is 8.61. The molecule has 0 aromatic heterocycles. The Morgan fingerprint density at radius 1 is 1.00 bits per heavy atom. The molecule has 0 unspecified atom stereocenters. The Bertz CT molecular complexity index is 386. The maximum Gasteiger partial charge on any atom is 0.126 e. The third-order valence-electron chi connectivity index (χ3n) is 3.35. The first-order valence-corrected chi connectivity index (χ1v) is 6.76. The van der Waals surface area contributed by atoms with Crippen LogP contribution in [0.1, 0.15) is 49.3 Å². The van der Waals surface area contributed by atoms with Crippen molar-refractivity contribution in [2.75, 3.05) is 6.61 Å². The van der Waals surface area contributed by atoms with Crippen LogP contribution >= 0.6 is 0 Å². The Morgan fingerprint density at radius 3 is 2.33 bits per heavy atom. The molecule has 3 N–H and O–H groups in total. The van der Waals surface area contributed by atoms with Crippen molar-refractivity contribution in [1.82, 2.24) is 0 Å². The van der Waals surface area contributed by atoms with E-state index in [1.165, 1.54) is 12.8 Å². The van der Waals surface area contributed by atoms with Crippen LogP contribution in [0, 0.1) is 6.92 Å². The first-order valence-electron chi connectivity index (χ1n) is 6.76. The number of aliphatic hydroxyl groups is 1. The highest BCUT2D eigenvalue weighted by Gasteiger charge is 2.14. The molecule has 18 heavy (non-hydrogen) atoms. The van der Waals surface area contributed by atoms with E-state index in [0.717, 1.165) is 24.0 Å². The van der Waals surface area contributed by atoms with E-state index in [2.05, 4.69) is 6.92 Å². The SMILES string of the molecule is CCCCCCc1c(O)cc(C)c(CCO)c1O. The van der Waals surface area contributed by atoms with Gasteiger partial charge >= 0.3 is 0 Å². The second kappa shape index (κ2) is 7.27. The Hall–Kier alpha value is -1.22. The molecule has 0 radical (unpaired) electrons. The van der Waals surface area contributed by atoms with Gasteiger partial charge in [0.05, 0.1) is 0 Å². The number of hydrogen-bond acceptors (Lipinski definition) is 3. The van der Waals surface area contributed by atoms with Crippen LogP contribution in [0.3, 0.4) is 0 Å². The van der Waals surface area contributed by atoms with Crippen molar-refractivity contribution in [2.45, 2.75) is 52.4 Å². The number of unbranched alkanes of at least 4 members (excludes halogenated alkanes) is 3. The Balaban J connectivity index is 2.86. The summed E-state index contributed by atoms with van der Waals surface area (Å²) in [7, 11) is 0. The summed E-state index contributed by atoms with van der Waals surface area (Å²) < 4.78 is 0. The van der Waals surface area contributed by atoms with Gasteiger partial charge in [-0.3, -0.25) is 0 Å². The highest BCUT2D eigenvalue weighted by molar-refractivity contribution is 5.52. The van der Waals surface area contributed by atoms with Gasteiger partial charge in [-0.1, -0.05) is 26.2 Å². The Labute approximate surface area is 109 Å². The van der Waals surface area contributed by atoms with E-state index in [0.29, 0.717) is 18.4 Å². The standard InChI is InChI=1S/C15H24O3/c1-3-4-5-6-7-13-14(17)10-11(2)12(8-9-16)15(13)18/h10,16-18H,3-9H2,1-2H3. The van der Waals surface area contributed by atoms with E-state index in [4.69, 9.17) is 5.11 Å². The molecule has 3 nitrogen and oxygen atoms in total. The summed E-state index contributed by atoms with van der Waals surface area (Å²) >= 11 is 0. The zero-order valence-corrected chi connectivity index (χ0v) is 11.4. The van der Waals surface area contributed by atoms with Crippen molar-refractivity contribution >= 4 is 0 Å². The van der Waals surface area contributed by atoms with Crippen LogP contribution in [-0.4, -0.2) is 21.9 Å². The zero-order valence-electron chi connectivity index (χ0n) is 11.4. The minimum Gasteiger partial charge on any atom is -0.508 e. The normalized spacial score (nSPS) is 10.8. The van der Waals surface area contributed by atoms with E-state index >= 15 is 0 Å². The summed E-state index contributed by atoms with van der Waals surface area (Å²) in [5.74, 6) is 0.334. The largest absolute Gasteiger partial charge is 0.508 e. The molecule has 0 atom stereocenters. The molecule has 0 spiro atoms. The molecule has 1 rings (SSSR count). The number of phenols is 2. The predicted octanol–water partition coefficient (Wildman–Crippen LogP) is 3.06. The molecule has 0 aliphatic carbocycles. The number of rotatable bonds is 7. The number of benzene rings is 1. The molecule has 0 saturated heterocycles. The monoisotopic (exact) mass is 252 g/mol. The van der Waals surface area contributed by atoms with Gasteiger partial charge < -0.3 is 15.3 Å². The third-order valence-corrected chi connectivity index (χ3v) is 3.35. The third kappa shape index (κ3) is 3.64. The molecule has 0 bridgehead atoms. The summed E-state index contributed by atoms with van der Waals surface area (Å²) in [6, 6.07) is 1.68. The lowest BCUT2D eigenvalue weighted by Gasteiger charge is -2.14. The Kier molecular flexibility index (Phi) is 5.99. The van der Waals surface area contributed by atoms with Gasteiger partial charge in [0.2, 0.25) is 0 Å². The molecule has 0 heterocycles. The molecule has 1 aromatic rings. The van der Waals surface area contributed by atoms with Gasteiger partial charge in [0.15, 0.2) is 0 Å². The average molecular weight is 252 g/mol. The number of phenolic OH excluding ortho intramolecular Hbond substituents is 2. The Morgan fingerprint density at radius 2 is 1.72 bits per heavy atom. The highest BCUT2D eigenvalue weighted by atomic mass is 16.3. The van der Waals surface area contributed by atoms with Gasteiger partial charge in [0.1, 0.15) is 11.5 Å². The van der Waals surface area contributed by atoms with E-state index in [1.54, 1.807) is 6.07 Å². The molecule has 0 fully saturated rings. The van der Waals surface area contributed by atoms with Crippen molar-refractivity contribution in [2.24, 2.45) is 0 Å². The molecule has 3 heteroatoms. The van der Waals surface area contributed by atoms with Gasteiger partial charge in [0, 0.05) is 12.2 Å². The fourth-order valence-electron chi connectivity index (χ4n) is 2.27. The van der Waals surface area contributed by atoms with Gasteiger partial charge in [-0.2, -0.15) is 0 Å². The molecule has 0 aliphatic heterocycles. The second-order valence-electron chi connectivity index (χ2n) is 4.80.